The fraction of sp³-hybridized carbons (Fsp3) is 0.938. The summed E-state index contributed by atoms with van der Waals surface area (Å²) < 4.78 is 67.7. The molecule has 0 spiro atoms. The number of unbranched alkanes of at least 4 members (excludes halogenated alkanes) is 39. The molecule has 0 heterocycles. The standard InChI is InChI=1S/C64H124O17P2/c1-5-9-13-17-20-22-24-25-26-27-28-29-30-31-32-34-36-39-43-47-51-64(69)81-60(55-75-62(67)49-45-41-38-35-33-23-21-18-14-10-6-2)57-79-83(72,73)77-53-58(65)52-76-82(70,71)78-56-59(54-74-61(66)48-44-40-16-12-8-4)80-63(68)50-46-42-37-19-15-11-7-3/h58-60,65H,5-57H2,1-4H3,(H,70,71)(H,72,73)/t58-,59+,60+/m0/s1. The maximum atomic E-state index is 13.0. The second-order valence-electron chi connectivity index (χ2n) is 23.2. The van der Waals surface area contributed by atoms with Gasteiger partial charge in [-0.3, -0.25) is 37.3 Å². The predicted octanol–water partition coefficient (Wildman–Crippen LogP) is 17.9. The highest BCUT2D eigenvalue weighted by molar-refractivity contribution is 7.47. The number of phosphoric acid groups is 2. The van der Waals surface area contributed by atoms with E-state index < -0.39 is 97.5 Å². The van der Waals surface area contributed by atoms with Crippen molar-refractivity contribution in [2.45, 2.75) is 348 Å². The van der Waals surface area contributed by atoms with Gasteiger partial charge in [-0.25, -0.2) is 9.13 Å². The molecule has 0 bridgehead atoms. The average molecular weight is 1230 g/mol. The fourth-order valence-corrected chi connectivity index (χ4v) is 11.2. The first-order chi connectivity index (χ1) is 40.2. The summed E-state index contributed by atoms with van der Waals surface area (Å²) in [5.41, 5.74) is 0. The summed E-state index contributed by atoms with van der Waals surface area (Å²) in [7, 11) is -9.87. The summed E-state index contributed by atoms with van der Waals surface area (Å²) in [5, 5.41) is 10.5. The Morgan fingerprint density at radius 2 is 0.482 bits per heavy atom. The minimum absolute atomic E-state index is 0.103. The molecular weight excluding hydrogens is 1100 g/mol. The molecule has 0 aliphatic heterocycles. The van der Waals surface area contributed by atoms with E-state index in [4.69, 9.17) is 37.0 Å². The Balaban J connectivity index is 5.07. The maximum Gasteiger partial charge on any atom is 0.472 e. The molecule has 3 N–H and O–H groups in total. The molecule has 17 nitrogen and oxygen atoms in total. The van der Waals surface area contributed by atoms with Crippen molar-refractivity contribution in [3.63, 3.8) is 0 Å². The van der Waals surface area contributed by atoms with Crippen LogP contribution < -0.4 is 0 Å². The molecule has 83 heavy (non-hydrogen) atoms. The lowest BCUT2D eigenvalue weighted by atomic mass is 10.0. The molecule has 5 atom stereocenters. The first-order valence-electron chi connectivity index (χ1n) is 33.8. The minimum Gasteiger partial charge on any atom is -0.462 e. The number of ether oxygens (including phenoxy) is 4. The number of aliphatic hydroxyl groups is 1. The lowest BCUT2D eigenvalue weighted by Crippen LogP contribution is -2.30. The number of carbonyl (C=O) groups excluding carboxylic acids is 4. The van der Waals surface area contributed by atoms with Gasteiger partial charge in [-0.05, 0) is 25.7 Å². The van der Waals surface area contributed by atoms with Gasteiger partial charge in [0.2, 0.25) is 0 Å². The van der Waals surface area contributed by atoms with Crippen LogP contribution in [0, 0.1) is 0 Å². The fourth-order valence-electron chi connectivity index (χ4n) is 9.63. The third-order valence-electron chi connectivity index (χ3n) is 14.9. The minimum atomic E-state index is -4.94. The van der Waals surface area contributed by atoms with Crippen LogP contribution in [0.3, 0.4) is 0 Å². The Kier molecular flexibility index (Phi) is 57.7. The molecular formula is C64H124O17P2. The lowest BCUT2D eigenvalue weighted by molar-refractivity contribution is -0.161. The topological polar surface area (TPSA) is 237 Å². The average Bonchev–Trinajstić information content (AvgIpc) is 3.49. The predicted molar refractivity (Wildman–Crippen MR) is 331 cm³/mol. The highest BCUT2D eigenvalue weighted by atomic mass is 31.2. The first-order valence-corrected chi connectivity index (χ1v) is 36.8. The van der Waals surface area contributed by atoms with Crippen LogP contribution in [-0.2, 0) is 65.4 Å². The van der Waals surface area contributed by atoms with Gasteiger partial charge < -0.3 is 33.8 Å². The van der Waals surface area contributed by atoms with E-state index in [-0.39, 0.29) is 25.7 Å². The molecule has 0 aromatic rings. The molecule has 0 aromatic carbocycles. The van der Waals surface area contributed by atoms with E-state index in [1.807, 2.05) is 0 Å². The van der Waals surface area contributed by atoms with E-state index >= 15 is 0 Å². The molecule has 492 valence electrons. The summed E-state index contributed by atoms with van der Waals surface area (Å²) in [6, 6.07) is 0. The van der Waals surface area contributed by atoms with Crippen LogP contribution in [-0.4, -0.2) is 96.7 Å². The van der Waals surface area contributed by atoms with Crippen molar-refractivity contribution in [1.82, 2.24) is 0 Å². The zero-order chi connectivity index (χ0) is 61.2. The highest BCUT2D eigenvalue weighted by Crippen LogP contribution is 2.45. The van der Waals surface area contributed by atoms with Gasteiger partial charge in [0.1, 0.15) is 19.3 Å². The third kappa shape index (κ3) is 58.8. The highest BCUT2D eigenvalue weighted by Gasteiger charge is 2.30. The summed E-state index contributed by atoms with van der Waals surface area (Å²) in [5.74, 6) is -2.15. The molecule has 0 amide bonds. The van der Waals surface area contributed by atoms with Gasteiger partial charge in [0.15, 0.2) is 12.2 Å². The van der Waals surface area contributed by atoms with Gasteiger partial charge in [-0.15, -0.1) is 0 Å². The Morgan fingerprint density at radius 1 is 0.289 bits per heavy atom. The van der Waals surface area contributed by atoms with E-state index in [0.717, 1.165) is 109 Å². The van der Waals surface area contributed by atoms with Crippen molar-refractivity contribution in [2.24, 2.45) is 0 Å². The molecule has 0 rings (SSSR count). The largest absolute Gasteiger partial charge is 0.472 e. The van der Waals surface area contributed by atoms with Crippen molar-refractivity contribution >= 4 is 39.5 Å². The van der Waals surface area contributed by atoms with Crippen molar-refractivity contribution in [1.29, 1.82) is 0 Å². The Labute approximate surface area is 505 Å². The van der Waals surface area contributed by atoms with Crippen LogP contribution in [0.2, 0.25) is 0 Å². The van der Waals surface area contributed by atoms with Crippen LogP contribution in [0.5, 0.6) is 0 Å². The Hall–Kier alpha value is -1.94. The molecule has 19 heteroatoms. The van der Waals surface area contributed by atoms with Crippen molar-refractivity contribution < 1.29 is 80.2 Å². The number of phosphoric ester groups is 2. The zero-order valence-electron chi connectivity index (χ0n) is 53.2. The summed E-state index contributed by atoms with van der Waals surface area (Å²) in [4.78, 5) is 71.8. The van der Waals surface area contributed by atoms with E-state index in [1.165, 1.54) is 141 Å². The Morgan fingerprint density at radius 3 is 0.711 bits per heavy atom. The van der Waals surface area contributed by atoms with Gasteiger partial charge in [-0.2, -0.15) is 0 Å². The van der Waals surface area contributed by atoms with Crippen LogP contribution in [0.15, 0.2) is 0 Å². The van der Waals surface area contributed by atoms with Gasteiger partial charge in [0, 0.05) is 25.7 Å². The second kappa shape index (κ2) is 59.0. The quantitative estimate of drug-likeness (QED) is 0.0222. The lowest BCUT2D eigenvalue weighted by Gasteiger charge is -2.21. The molecule has 0 aliphatic carbocycles. The van der Waals surface area contributed by atoms with Gasteiger partial charge in [0.05, 0.1) is 26.4 Å². The number of hydrogen-bond acceptors (Lipinski definition) is 15. The van der Waals surface area contributed by atoms with Crippen LogP contribution in [0.4, 0.5) is 0 Å². The number of aliphatic hydroxyl groups excluding tert-OH is 1. The molecule has 0 aromatic heterocycles. The van der Waals surface area contributed by atoms with Crippen LogP contribution >= 0.6 is 15.6 Å². The molecule has 0 aliphatic rings. The summed E-state index contributed by atoms with van der Waals surface area (Å²) >= 11 is 0. The number of rotatable bonds is 65. The second-order valence-corrected chi connectivity index (χ2v) is 26.1. The van der Waals surface area contributed by atoms with E-state index in [9.17, 15) is 43.2 Å². The normalized spacial score (nSPS) is 14.2. The van der Waals surface area contributed by atoms with Crippen molar-refractivity contribution in [2.75, 3.05) is 39.6 Å². The Bertz CT molecular complexity index is 1600. The zero-order valence-corrected chi connectivity index (χ0v) is 54.9. The third-order valence-corrected chi connectivity index (χ3v) is 16.8. The maximum absolute atomic E-state index is 13.0. The van der Waals surface area contributed by atoms with Crippen molar-refractivity contribution in [3.05, 3.63) is 0 Å². The molecule has 0 saturated carbocycles. The van der Waals surface area contributed by atoms with E-state index in [0.29, 0.717) is 25.7 Å². The monoisotopic (exact) mass is 1230 g/mol. The summed E-state index contributed by atoms with van der Waals surface area (Å²) in [6.45, 7) is 4.76. The summed E-state index contributed by atoms with van der Waals surface area (Å²) in [6.07, 6.45) is 45.1. The van der Waals surface area contributed by atoms with Gasteiger partial charge in [-0.1, -0.05) is 278 Å². The molecule has 0 radical (unpaired) electrons. The van der Waals surface area contributed by atoms with E-state index in [1.54, 1.807) is 0 Å². The molecule has 0 saturated heterocycles. The van der Waals surface area contributed by atoms with Gasteiger partial charge >= 0.3 is 39.5 Å². The van der Waals surface area contributed by atoms with Crippen LogP contribution in [0.1, 0.15) is 329 Å². The SMILES string of the molecule is CCCCCCCCCCCCCCCCCCCCCCC(=O)O[C@H](COC(=O)CCCCCCCCCCCCC)COP(=O)(O)OC[C@@H](O)COP(=O)(O)OC[C@@H](COC(=O)CCCCCCC)OC(=O)CCCCCCCCC. The van der Waals surface area contributed by atoms with E-state index in [2.05, 4.69) is 27.7 Å². The van der Waals surface area contributed by atoms with Crippen LogP contribution in [0.25, 0.3) is 0 Å². The smallest absolute Gasteiger partial charge is 0.462 e. The molecule has 2 unspecified atom stereocenters. The first kappa shape index (κ1) is 81.1. The molecule has 0 fully saturated rings. The number of carbonyl (C=O) groups is 4. The number of hydrogen-bond donors (Lipinski definition) is 3. The van der Waals surface area contributed by atoms with Crippen molar-refractivity contribution in [3.8, 4) is 0 Å². The number of esters is 4. The van der Waals surface area contributed by atoms with Gasteiger partial charge in [0.25, 0.3) is 0 Å².